The summed E-state index contributed by atoms with van der Waals surface area (Å²) in [5.74, 6) is 1.58. The minimum atomic E-state index is -0.0775. The molecule has 4 nitrogen and oxygen atoms in total. The molecule has 0 aliphatic heterocycles. The van der Waals surface area contributed by atoms with Crippen molar-refractivity contribution in [3.63, 3.8) is 0 Å². The largest absolute Gasteiger partial charge is 0.461 e. The molecule has 0 radical (unpaired) electrons. The summed E-state index contributed by atoms with van der Waals surface area (Å²) in [4.78, 5) is 19.5. The van der Waals surface area contributed by atoms with Crippen LogP contribution >= 0.6 is 27.3 Å². The van der Waals surface area contributed by atoms with Gasteiger partial charge in [-0.05, 0) is 62.4 Å². The average molecular weight is 467 g/mol. The van der Waals surface area contributed by atoms with E-state index in [0.717, 1.165) is 63.2 Å². The number of nitrogen functional groups attached to an aromatic ring is 1. The fraction of sp³-hybridized carbons (Fsp3) is 0.217. The summed E-state index contributed by atoms with van der Waals surface area (Å²) in [6, 6.07) is 11.3. The van der Waals surface area contributed by atoms with Crippen molar-refractivity contribution < 1.29 is 9.21 Å². The number of benzene rings is 1. The Labute approximate surface area is 180 Å². The molecule has 2 N–H and O–H groups in total. The van der Waals surface area contributed by atoms with E-state index in [2.05, 4.69) is 15.9 Å². The number of pyridine rings is 1. The molecule has 5 rings (SSSR count). The Morgan fingerprint density at radius 2 is 2.03 bits per heavy atom. The van der Waals surface area contributed by atoms with Crippen molar-refractivity contribution in [3.05, 3.63) is 68.3 Å². The number of hydrogen-bond donors (Lipinski definition) is 1. The van der Waals surface area contributed by atoms with Gasteiger partial charge in [-0.15, -0.1) is 11.3 Å². The van der Waals surface area contributed by atoms with Gasteiger partial charge in [0.25, 0.3) is 0 Å². The van der Waals surface area contributed by atoms with Crippen LogP contribution in [0.5, 0.6) is 0 Å². The molecule has 146 valence electrons. The third kappa shape index (κ3) is 3.11. The smallest absolute Gasteiger partial charge is 0.205 e. The van der Waals surface area contributed by atoms with Crippen LogP contribution in [0.1, 0.15) is 45.1 Å². The third-order valence-corrected chi connectivity index (χ3v) is 7.02. The zero-order valence-corrected chi connectivity index (χ0v) is 18.3. The summed E-state index contributed by atoms with van der Waals surface area (Å²) >= 11 is 4.82. The summed E-state index contributed by atoms with van der Waals surface area (Å²) < 4.78 is 6.86. The van der Waals surface area contributed by atoms with Crippen LogP contribution < -0.4 is 5.73 Å². The van der Waals surface area contributed by atoms with Crippen LogP contribution in [-0.2, 0) is 12.8 Å². The van der Waals surface area contributed by atoms with Crippen molar-refractivity contribution >= 4 is 49.0 Å². The number of aromatic nitrogens is 1. The molecular formula is C23H19BrN2O2S. The first kappa shape index (κ1) is 18.6. The zero-order valence-electron chi connectivity index (χ0n) is 15.9. The first-order valence-electron chi connectivity index (χ1n) is 9.63. The number of thiophene rings is 1. The second-order valence-electron chi connectivity index (χ2n) is 7.39. The number of aryl methyl sites for hydroxylation is 2. The van der Waals surface area contributed by atoms with Gasteiger partial charge >= 0.3 is 0 Å². The predicted molar refractivity (Wildman–Crippen MR) is 121 cm³/mol. The molecule has 1 aromatic carbocycles. The summed E-state index contributed by atoms with van der Waals surface area (Å²) in [7, 11) is 0. The topological polar surface area (TPSA) is 69.1 Å². The first-order chi connectivity index (χ1) is 14.0. The maximum absolute atomic E-state index is 13.2. The van der Waals surface area contributed by atoms with E-state index in [1.807, 2.05) is 43.3 Å². The summed E-state index contributed by atoms with van der Waals surface area (Å²) in [6.45, 7) is 1.94. The SMILES string of the molecule is Cc1ccc(-c2c3c(nc4sc(C(=O)c5cccc(Br)c5)c(N)c24)CCCC3)o1. The van der Waals surface area contributed by atoms with Crippen LogP contribution in [0.4, 0.5) is 5.69 Å². The summed E-state index contributed by atoms with van der Waals surface area (Å²) in [5.41, 5.74) is 11.0. The van der Waals surface area contributed by atoms with Gasteiger partial charge in [0.15, 0.2) is 0 Å². The average Bonchev–Trinajstić information content (AvgIpc) is 3.29. The van der Waals surface area contributed by atoms with Crippen LogP contribution in [0.25, 0.3) is 21.5 Å². The number of halogens is 1. The highest BCUT2D eigenvalue weighted by atomic mass is 79.9. The number of furan rings is 1. The van der Waals surface area contributed by atoms with Crippen molar-refractivity contribution in [1.82, 2.24) is 4.98 Å². The van der Waals surface area contributed by atoms with E-state index < -0.39 is 0 Å². The number of carbonyl (C=O) groups is 1. The molecule has 29 heavy (non-hydrogen) atoms. The number of ketones is 1. The van der Waals surface area contributed by atoms with Gasteiger partial charge in [0.1, 0.15) is 21.2 Å². The summed E-state index contributed by atoms with van der Waals surface area (Å²) in [6.07, 6.45) is 4.16. The van der Waals surface area contributed by atoms with Crippen molar-refractivity contribution in [2.45, 2.75) is 32.6 Å². The molecule has 0 bridgehead atoms. The fourth-order valence-corrected chi connectivity index (χ4v) is 5.56. The third-order valence-electron chi connectivity index (χ3n) is 5.43. The van der Waals surface area contributed by atoms with E-state index in [-0.39, 0.29) is 5.78 Å². The van der Waals surface area contributed by atoms with Gasteiger partial charge in [0, 0.05) is 26.7 Å². The van der Waals surface area contributed by atoms with Gasteiger partial charge in [-0.2, -0.15) is 0 Å². The molecule has 0 spiro atoms. The lowest BCUT2D eigenvalue weighted by atomic mass is 9.89. The van der Waals surface area contributed by atoms with Crippen LogP contribution in [0.3, 0.4) is 0 Å². The van der Waals surface area contributed by atoms with E-state index in [9.17, 15) is 4.79 Å². The van der Waals surface area contributed by atoms with Crippen molar-refractivity contribution in [2.75, 3.05) is 5.73 Å². The molecule has 0 fully saturated rings. The van der Waals surface area contributed by atoms with Crippen molar-refractivity contribution in [2.24, 2.45) is 0 Å². The molecule has 1 aliphatic rings. The number of fused-ring (bicyclic) bond motifs is 2. The molecule has 0 saturated carbocycles. The van der Waals surface area contributed by atoms with Crippen LogP contribution in [0.2, 0.25) is 0 Å². The van der Waals surface area contributed by atoms with E-state index in [1.165, 1.54) is 16.9 Å². The Morgan fingerprint density at radius 3 is 2.79 bits per heavy atom. The Morgan fingerprint density at radius 1 is 1.21 bits per heavy atom. The van der Waals surface area contributed by atoms with Crippen LogP contribution in [0.15, 0.2) is 45.3 Å². The van der Waals surface area contributed by atoms with E-state index in [4.69, 9.17) is 15.1 Å². The van der Waals surface area contributed by atoms with Gasteiger partial charge in [0.05, 0.1) is 5.69 Å². The van der Waals surface area contributed by atoms with Crippen LogP contribution in [0, 0.1) is 6.92 Å². The number of nitrogens with two attached hydrogens (primary N) is 1. The Balaban J connectivity index is 1.77. The number of hydrogen-bond acceptors (Lipinski definition) is 5. The van der Waals surface area contributed by atoms with Crippen molar-refractivity contribution in [1.29, 1.82) is 0 Å². The molecular weight excluding hydrogens is 448 g/mol. The maximum atomic E-state index is 13.2. The monoisotopic (exact) mass is 466 g/mol. The van der Waals surface area contributed by atoms with Gasteiger partial charge in [-0.1, -0.05) is 28.1 Å². The lowest BCUT2D eigenvalue weighted by Crippen LogP contribution is -2.08. The summed E-state index contributed by atoms with van der Waals surface area (Å²) in [5, 5.41) is 0.850. The Hall–Kier alpha value is -2.44. The predicted octanol–water partition coefficient (Wildman–Crippen LogP) is 6.32. The van der Waals surface area contributed by atoms with Crippen molar-refractivity contribution in [3.8, 4) is 11.3 Å². The second-order valence-corrected chi connectivity index (χ2v) is 9.31. The standard InChI is InChI=1S/C23H19BrN2O2S/c1-12-9-10-17(28-12)18-15-7-2-3-8-16(15)26-23-19(18)20(25)22(29-23)21(27)13-5-4-6-14(24)11-13/h4-6,9-11H,2-3,7-8,25H2,1H3. The quantitative estimate of drug-likeness (QED) is 0.358. The second kappa shape index (κ2) is 7.11. The minimum absolute atomic E-state index is 0.0775. The highest BCUT2D eigenvalue weighted by Gasteiger charge is 2.27. The van der Waals surface area contributed by atoms with Gasteiger partial charge in [0.2, 0.25) is 5.78 Å². The van der Waals surface area contributed by atoms with Gasteiger partial charge in [-0.3, -0.25) is 4.79 Å². The maximum Gasteiger partial charge on any atom is 0.205 e. The van der Waals surface area contributed by atoms with Gasteiger partial charge in [-0.25, -0.2) is 4.98 Å². The lowest BCUT2D eigenvalue weighted by Gasteiger charge is -2.18. The van der Waals surface area contributed by atoms with Crippen LogP contribution in [-0.4, -0.2) is 10.8 Å². The molecule has 3 heterocycles. The highest BCUT2D eigenvalue weighted by molar-refractivity contribution is 9.10. The molecule has 0 unspecified atom stereocenters. The van der Waals surface area contributed by atoms with E-state index >= 15 is 0 Å². The van der Waals surface area contributed by atoms with E-state index in [0.29, 0.717) is 16.1 Å². The molecule has 1 aliphatic carbocycles. The Bertz CT molecular complexity index is 1270. The molecule has 0 saturated heterocycles. The molecule has 0 atom stereocenters. The normalized spacial score (nSPS) is 13.6. The fourth-order valence-electron chi connectivity index (χ4n) is 4.08. The van der Waals surface area contributed by atoms with Gasteiger partial charge < -0.3 is 10.2 Å². The minimum Gasteiger partial charge on any atom is -0.461 e. The first-order valence-corrected chi connectivity index (χ1v) is 11.2. The zero-order chi connectivity index (χ0) is 20.1. The molecule has 4 aromatic rings. The molecule has 3 aromatic heterocycles. The molecule has 0 amide bonds. The number of rotatable bonds is 3. The number of anilines is 1. The number of nitrogens with zero attached hydrogens (tertiary/aromatic N) is 1. The lowest BCUT2D eigenvalue weighted by molar-refractivity contribution is 0.104. The molecule has 6 heteroatoms. The number of carbonyl (C=O) groups excluding carboxylic acids is 1. The van der Waals surface area contributed by atoms with E-state index in [1.54, 1.807) is 0 Å². The highest BCUT2D eigenvalue weighted by Crippen LogP contribution is 2.44. The Kier molecular flexibility index (Phi) is 4.56.